The lowest BCUT2D eigenvalue weighted by Crippen LogP contribution is -2.19. The fourth-order valence-electron chi connectivity index (χ4n) is 0.381. The second-order valence-electron chi connectivity index (χ2n) is 1.98. The summed E-state index contributed by atoms with van der Waals surface area (Å²) in [6.07, 6.45) is 2.63. The summed E-state index contributed by atoms with van der Waals surface area (Å²) in [4.78, 5) is 0. The lowest BCUT2D eigenvalue weighted by atomic mass is 10.1. The molecule has 0 aromatic rings. The molecule has 0 amide bonds. The third-order valence-electron chi connectivity index (χ3n) is 1.05. The van der Waals surface area contributed by atoms with E-state index in [9.17, 15) is 0 Å². The van der Waals surface area contributed by atoms with Gasteiger partial charge in [0, 0.05) is 6.04 Å². The highest BCUT2D eigenvalue weighted by Gasteiger charge is 1.96. The minimum Gasteiger partial charge on any atom is -0.324 e. The second kappa shape index (κ2) is 3.44. The maximum atomic E-state index is 5.56. The molecule has 46 valence electrons. The molecule has 0 bridgehead atoms. The summed E-state index contributed by atoms with van der Waals surface area (Å²) >= 11 is 0. The lowest BCUT2D eigenvalue weighted by Gasteiger charge is -2.05. The summed E-state index contributed by atoms with van der Waals surface area (Å²) in [6.45, 7) is 9.19. The van der Waals surface area contributed by atoms with Crippen LogP contribution in [0.3, 0.4) is 0 Å². The summed E-state index contributed by atoms with van der Waals surface area (Å²) in [7, 11) is 0. The molecule has 1 nitrogen and oxygen atoms in total. The molecule has 0 aliphatic carbocycles. The Morgan fingerprint density at radius 1 is 1.88 bits per heavy atom. The Bertz CT molecular complexity index is 94.6. The predicted octanol–water partition coefficient (Wildman–Crippen LogP) is 1.47. The third kappa shape index (κ3) is 2.59. The maximum Gasteiger partial charge on any atom is 0.0283 e. The lowest BCUT2D eigenvalue weighted by molar-refractivity contribution is 0.788. The quantitative estimate of drug-likeness (QED) is 0.548. The molecule has 0 spiro atoms. The largest absolute Gasteiger partial charge is 0.324 e. The van der Waals surface area contributed by atoms with Gasteiger partial charge in [-0.25, -0.2) is 0 Å². The Labute approximate surface area is 50.9 Å². The summed E-state index contributed by atoms with van der Waals surface area (Å²) < 4.78 is 0. The van der Waals surface area contributed by atoms with E-state index in [-0.39, 0.29) is 6.04 Å². The van der Waals surface area contributed by atoms with Crippen molar-refractivity contribution in [3.8, 4) is 0 Å². The second-order valence-corrected chi connectivity index (χ2v) is 1.98. The van der Waals surface area contributed by atoms with E-state index in [2.05, 4.69) is 13.2 Å². The molecule has 0 saturated carbocycles. The van der Waals surface area contributed by atoms with Gasteiger partial charge in [-0.2, -0.15) is 0 Å². The van der Waals surface area contributed by atoms with Gasteiger partial charge in [0.25, 0.3) is 0 Å². The molecule has 1 atom stereocenters. The zero-order chi connectivity index (χ0) is 6.57. The van der Waals surface area contributed by atoms with E-state index >= 15 is 0 Å². The molecule has 0 aromatic carbocycles. The van der Waals surface area contributed by atoms with Crippen LogP contribution in [0.15, 0.2) is 24.8 Å². The molecule has 8 heavy (non-hydrogen) atoms. The molecule has 0 heterocycles. The Morgan fingerprint density at radius 3 is 2.50 bits per heavy atom. The summed E-state index contributed by atoms with van der Waals surface area (Å²) in [5.74, 6) is 0. The van der Waals surface area contributed by atoms with Crippen molar-refractivity contribution in [2.24, 2.45) is 5.73 Å². The van der Waals surface area contributed by atoms with Gasteiger partial charge >= 0.3 is 0 Å². The van der Waals surface area contributed by atoms with Crippen LogP contribution in [0.1, 0.15) is 13.3 Å². The van der Waals surface area contributed by atoms with Crippen LogP contribution in [0.2, 0.25) is 0 Å². The highest BCUT2D eigenvalue weighted by atomic mass is 14.6. The van der Waals surface area contributed by atoms with Gasteiger partial charge in [-0.05, 0) is 13.3 Å². The first-order valence-electron chi connectivity index (χ1n) is 2.70. The number of nitrogens with two attached hydrogens (primary N) is 1. The van der Waals surface area contributed by atoms with E-state index in [0.717, 1.165) is 12.0 Å². The highest BCUT2D eigenvalue weighted by Crippen LogP contribution is 1.98. The normalized spacial score (nSPS) is 12.8. The van der Waals surface area contributed by atoms with Crippen molar-refractivity contribution in [1.29, 1.82) is 0 Å². The molecule has 0 saturated heterocycles. The van der Waals surface area contributed by atoms with Crippen LogP contribution in [-0.4, -0.2) is 6.04 Å². The van der Waals surface area contributed by atoms with Crippen LogP contribution in [-0.2, 0) is 0 Å². The van der Waals surface area contributed by atoms with Gasteiger partial charge in [-0.1, -0.05) is 18.2 Å². The molecular weight excluding hydrogens is 98.1 g/mol. The van der Waals surface area contributed by atoms with E-state index in [4.69, 9.17) is 5.73 Å². The first-order chi connectivity index (χ1) is 3.68. The molecule has 0 fully saturated rings. The molecule has 0 aliphatic rings. The molecule has 1 heteroatoms. The fourth-order valence-corrected chi connectivity index (χ4v) is 0.381. The van der Waals surface area contributed by atoms with Crippen molar-refractivity contribution in [2.75, 3.05) is 0 Å². The Balaban J connectivity index is 3.46. The van der Waals surface area contributed by atoms with Gasteiger partial charge in [0.15, 0.2) is 0 Å². The summed E-state index contributed by atoms with van der Waals surface area (Å²) in [5.41, 5.74) is 6.57. The topological polar surface area (TPSA) is 26.0 Å². The van der Waals surface area contributed by atoms with Crippen LogP contribution >= 0.6 is 0 Å². The highest BCUT2D eigenvalue weighted by molar-refractivity contribution is 5.01. The van der Waals surface area contributed by atoms with Gasteiger partial charge in [0.2, 0.25) is 0 Å². The molecule has 0 radical (unpaired) electrons. The molecule has 1 unspecified atom stereocenters. The molecule has 0 aliphatic heterocycles. The standard InChI is InChI=1S/C7H13N/c1-4-5-7(8)6(2)3/h4,7H,1-2,5,8H2,3H3. The van der Waals surface area contributed by atoms with E-state index in [1.54, 1.807) is 6.08 Å². The average molecular weight is 111 g/mol. The molecule has 0 rings (SSSR count). The SMILES string of the molecule is C=CCC(N)C(=C)C. The van der Waals surface area contributed by atoms with Crippen LogP contribution in [0.5, 0.6) is 0 Å². The van der Waals surface area contributed by atoms with Crippen molar-refractivity contribution < 1.29 is 0 Å². The van der Waals surface area contributed by atoms with Gasteiger partial charge in [-0.15, -0.1) is 6.58 Å². The molecule has 2 N–H and O–H groups in total. The average Bonchev–Trinajstić information content (AvgIpc) is 1.67. The van der Waals surface area contributed by atoms with Gasteiger partial charge < -0.3 is 5.73 Å². The summed E-state index contributed by atoms with van der Waals surface area (Å²) in [5, 5.41) is 0. The smallest absolute Gasteiger partial charge is 0.0283 e. The maximum absolute atomic E-state index is 5.56. The zero-order valence-corrected chi connectivity index (χ0v) is 5.35. The van der Waals surface area contributed by atoms with Crippen molar-refractivity contribution >= 4 is 0 Å². The monoisotopic (exact) mass is 111 g/mol. The van der Waals surface area contributed by atoms with Crippen molar-refractivity contribution in [3.63, 3.8) is 0 Å². The van der Waals surface area contributed by atoms with Crippen molar-refractivity contribution in [2.45, 2.75) is 19.4 Å². The van der Waals surface area contributed by atoms with Crippen molar-refractivity contribution in [1.82, 2.24) is 0 Å². The van der Waals surface area contributed by atoms with E-state index in [1.165, 1.54) is 0 Å². The first kappa shape index (κ1) is 7.44. The minimum absolute atomic E-state index is 0.104. The zero-order valence-electron chi connectivity index (χ0n) is 5.35. The predicted molar refractivity (Wildman–Crippen MR) is 37.6 cm³/mol. The number of hydrogen-bond acceptors (Lipinski definition) is 1. The summed E-state index contributed by atoms with van der Waals surface area (Å²) in [6, 6.07) is 0.104. The fraction of sp³-hybridized carbons (Fsp3) is 0.429. The number of rotatable bonds is 3. The van der Waals surface area contributed by atoms with Gasteiger partial charge in [0.05, 0.1) is 0 Å². The van der Waals surface area contributed by atoms with Crippen LogP contribution < -0.4 is 5.73 Å². The van der Waals surface area contributed by atoms with E-state index in [1.807, 2.05) is 6.92 Å². The van der Waals surface area contributed by atoms with Crippen molar-refractivity contribution in [3.05, 3.63) is 24.8 Å². The van der Waals surface area contributed by atoms with Crippen LogP contribution in [0.4, 0.5) is 0 Å². The molecule has 0 aromatic heterocycles. The number of hydrogen-bond donors (Lipinski definition) is 1. The Kier molecular flexibility index (Phi) is 3.20. The van der Waals surface area contributed by atoms with Gasteiger partial charge in [-0.3, -0.25) is 0 Å². The molecular formula is C7H13N. The minimum atomic E-state index is 0.104. The van der Waals surface area contributed by atoms with Gasteiger partial charge in [0.1, 0.15) is 0 Å². The Hall–Kier alpha value is -0.560. The van der Waals surface area contributed by atoms with Crippen LogP contribution in [0, 0.1) is 0 Å². The Morgan fingerprint density at radius 2 is 2.38 bits per heavy atom. The third-order valence-corrected chi connectivity index (χ3v) is 1.05. The van der Waals surface area contributed by atoms with E-state index in [0.29, 0.717) is 0 Å². The van der Waals surface area contributed by atoms with Crippen LogP contribution in [0.25, 0.3) is 0 Å². The van der Waals surface area contributed by atoms with E-state index < -0.39 is 0 Å². The first-order valence-corrected chi connectivity index (χ1v) is 2.70.